The Hall–Kier alpha value is 0.214. The second-order valence-corrected chi connectivity index (χ2v) is 3.00. The molecule has 3 heteroatoms. The summed E-state index contributed by atoms with van der Waals surface area (Å²) in [4.78, 5) is 4.18. The molecule has 2 rings (SSSR count). The van der Waals surface area contributed by atoms with Gasteiger partial charge in [0.1, 0.15) is 6.23 Å². The maximum atomic E-state index is 5.49. The first-order valence-electron chi connectivity index (χ1n) is 3.28. The second-order valence-electron chi connectivity index (χ2n) is 3.00. The predicted octanol–water partition coefficient (Wildman–Crippen LogP) is 1.02. The summed E-state index contributed by atoms with van der Waals surface area (Å²) < 4.78 is 5.49. The maximum Gasteiger partial charge on any atom is 0.121 e. The molecule has 0 aromatic rings. The number of rotatable bonds is 0. The second kappa shape index (κ2) is 2.36. The molecule has 2 aliphatic rings. The Bertz CT molecular complexity index is 171. The number of hydrogen-bond donors (Lipinski definition) is 0. The van der Waals surface area contributed by atoms with E-state index < -0.39 is 0 Å². The smallest absolute Gasteiger partial charge is 0.121 e. The molecule has 0 aromatic carbocycles. The van der Waals surface area contributed by atoms with Gasteiger partial charge in [0.2, 0.25) is 0 Å². The Labute approximate surface area is 72.9 Å². The van der Waals surface area contributed by atoms with E-state index in [0.717, 1.165) is 0 Å². The zero-order valence-corrected chi connectivity index (χ0v) is 7.51. The summed E-state index contributed by atoms with van der Waals surface area (Å²) in [5.41, 5.74) is -0.135. The van der Waals surface area contributed by atoms with Crippen molar-refractivity contribution < 1.29 is 23.3 Å². The molecule has 2 nitrogen and oxygen atoms in total. The molecule has 2 heterocycles. The molecule has 2 aliphatic heterocycles. The molecule has 0 saturated carbocycles. The van der Waals surface area contributed by atoms with Crippen LogP contribution in [0.2, 0.25) is 0 Å². The molecule has 1 saturated heterocycles. The van der Waals surface area contributed by atoms with Gasteiger partial charge in [0, 0.05) is 24.8 Å². The largest absolute Gasteiger partial charge is 0.379 e. The molecule has 3 unspecified atom stereocenters. The van der Waals surface area contributed by atoms with Gasteiger partial charge in [-0.05, 0) is 5.60 Å². The first-order chi connectivity index (χ1) is 4.20. The van der Waals surface area contributed by atoms with Gasteiger partial charge in [-0.1, -0.05) is 13.8 Å². The van der Waals surface area contributed by atoms with Gasteiger partial charge in [-0.25, -0.2) is 0 Å². The normalized spacial score (nSPS) is 49.4. The zero-order valence-electron chi connectivity index (χ0n) is 6.11. The third-order valence-electron chi connectivity index (χ3n) is 1.90. The third kappa shape index (κ3) is 1.05. The van der Waals surface area contributed by atoms with E-state index in [0.29, 0.717) is 5.92 Å². The van der Waals surface area contributed by atoms with Crippen LogP contribution in [0.25, 0.3) is 0 Å². The van der Waals surface area contributed by atoms with Crippen LogP contribution < -0.4 is 0 Å². The van der Waals surface area contributed by atoms with E-state index in [4.69, 9.17) is 4.74 Å². The Morgan fingerprint density at radius 3 is 2.60 bits per heavy atom. The van der Waals surface area contributed by atoms with Crippen LogP contribution in [-0.2, 0) is 23.3 Å². The summed E-state index contributed by atoms with van der Waals surface area (Å²) in [5.74, 6) is 0.500. The number of nitrogens with zero attached hydrogens (tertiary/aromatic N) is 1. The van der Waals surface area contributed by atoms with Gasteiger partial charge < -0.3 is 4.74 Å². The van der Waals surface area contributed by atoms with Crippen LogP contribution in [0, 0.1) is 12.3 Å². The molecule has 0 aromatic heterocycles. The molecule has 55 valence electrons. The average molecular weight is 175 g/mol. The van der Waals surface area contributed by atoms with Crippen molar-refractivity contribution in [3.8, 4) is 0 Å². The predicted molar refractivity (Wildman–Crippen MR) is 35.2 cm³/mol. The van der Waals surface area contributed by atoms with E-state index in [-0.39, 0.29) is 30.4 Å². The Balaban J connectivity index is 0.000000500. The molecule has 0 spiro atoms. The zero-order chi connectivity index (χ0) is 6.48. The van der Waals surface area contributed by atoms with Crippen LogP contribution in [0.4, 0.5) is 0 Å². The van der Waals surface area contributed by atoms with Gasteiger partial charge in [0.15, 0.2) is 0 Å². The molecule has 3 atom stereocenters. The standard InChI is InChI=1S/C7H10NO.V/c1-5-3-7(2)4-8-6(5)9-7;/h3-6H,1-2H3;/q-1;. The molecular weight excluding hydrogens is 165 g/mol. The van der Waals surface area contributed by atoms with E-state index in [1.807, 2.05) is 13.1 Å². The van der Waals surface area contributed by atoms with Crippen LogP contribution in [0.3, 0.4) is 0 Å². The fraction of sp³-hybridized carbons (Fsp3) is 0.714. The summed E-state index contributed by atoms with van der Waals surface area (Å²) in [5, 5.41) is 0. The van der Waals surface area contributed by atoms with Gasteiger partial charge >= 0.3 is 0 Å². The summed E-state index contributed by atoms with van der Waals surface area (Å²) >= 11 is 0. The van der Waals surface area contributed by atoms with Crippen LogP contribution in [0.1, 0.15) is 13.8 Å². The van der Waals surface area contributed by atoms with Crippen molar-refractivity contribution in [2.45, 2.75) is 25.7 Å². The maximum absolute atomic E-state index is 5.49. The molecule has 10 heavy (non-hydrogen) atoms. The summed E-state index contributed by atoms with van der Waals surface area (Å²) in [6, 6.07) is 0. The molecule has 1 radical (unpaired) electrons. The van der Waals surface area contributed by atoms with Gasteiger partial charge in [0.05, 0.1) is 0 Å². The van der Waals surface area contributed by atoms with Gasteiger partial charge in [-0.2, -0.15) is 0 Å². The fourth-order valence-corrected chi connectivity index (χ4v) is 1.47. The van der Waals surface area contributed by atoms with E-state index >= 15 is 0 Å². The van der Waals surface area contributed by atoms with Crippen molar-refractivity contribution in [2.24, 2.45) is 10.9 Å². The number of ether oxygens (including phenoxy) is 1. The molecule has 2 bridgehead atoms. The first kappa shape index (κ1) is 8.31. The van der Waals surface area contributed by atoms with Crippen LogP contribution in [0.15, 0.2) is 4.99 Å². The Morgan fingerprint density at radius 1 is 1.70 bits per heavy atom. The van der Waals surface area contributed by atoms with E-state index in [9.17, 15) is 0 Å². The van der Waals surface area contributed by atoms with Crippen LogP contribution in [-0.4, -0.2) is 18.0 Å². The first-order valence-corrected chi connectivity index (χ1v) is 3.28. The van der Waals surface area contributed by atoms with Gasteiger partial charge in [-0.15, -0.1) is 5.92 Å². The number of hydrogen-bond acceptors (Lipinski definition) is 2. The summed E-state index contributed by atoms with van der Waals surface area (Å²) in [7, 11) is 0. The molecule has 0 aliphatic carbocycles. The number of fused-ring (bicyclic) bond motifs is 2. The summed E-state index contributed by atoms with van der Waals surface area (Å²) in [6.45, 7) is 4.17. The van der Waals surface area contributed by atoms with Crippen molar-refractivity contribution in [3.63, 3.8) is 0 Å². The summed E-state index contributed by atoms with van der Waals surface area (Å²) in [6.07, 6.45) is 4.21. The molecular formula is C7H10NOV-. The molecule has 0 N–H and O–H groups in total. The van der Waals surface area contributed by atoms with Crippen molar-refractivity contribution in [1.29, 1.82) is 0 Å². The minimum atomic E-state index is -0.135. The van der Waals surface area contributed by atoms with E-state index in [1.54, 1.807) is 0 Å². The van der Waals surface area contributed by atoms with Crippen molar-refractivity contribution in [2.75, 3.05) is 0 Å². The van der Waals surface area contributed by atoms with E-state index in [1.165, 1.54) is 0 Å². The number of aliphatic imine (C=N–C) groups is 1. The topological polar surface area (TPSA) is 21.6 Å². The van der Waals surface area contributed by atoms with Crippen molar-refractivity contribution in [3.05, 3.63) is 6.42 Å². The van der Waals surface area contributed by atoms with Crippen molar-refractivity contribution >= 4 is 6.21 Å². The SMILES string of the molecule is CC1[CH-]C2(C)C=NC1O2.[V]. The minimum absolute atomic E-state index is 0. The molecule has 0 amide bonds. The average Bonchev–Trinajstić information content (AvgIpc) is 2.20. The third-order valence-corrected chi connectivity index (χ3v) is 1.90. The molecule has 1 fully saturated rings. The quantitative estimate of drug-likeness (QED) is 0.504. The fourth-order valence-electron chi connectivity index (χ4n) is 1.47. The Kier molecular flexibility index (Phi) is 1.97. The Morgan fingerprint density at radius 2 is 2.40 bits per heavy atom. The van der Waals surface area contributed by atoms with Crippen LogP contribution in [0.5, 0.6) is 0 Å². The van der Waals surface area contributed by atoms with E-state index in [2.05, 4.69) is 18.3 Å². The monoisotopic (exact) mass is 175 g/mol. The minimum Gasteiger partial charge on any atom is -0.379 e. The van der Waals surface area contributed by atoms with Gasteiger partial charge in [-0.3, -0.25) is 11.4 Å². The van der Waals surface area contributed by atoms with Crippen LogP contribution >= 0.6 is 0 Å². The van der Waals surface area contributed by atoms with Crippen molar-refractivity contribution in [1.82, 2.24) is 0 Å². The van der Waals surface area contributed by atoms with Gasteiger partial charge in [0.25, 0.3) is 0 Å².